The fourth-order valence-electron chi connectivity index (χ4n) is 3.00. The fourth-order valence-corrected chi connectivity index (χ4v) is 4.48. The molecule has 1 aliphatic rings. The average Bonchev–Trinajstić information content (AvgIpc) is 3.51. The van der Waals surface area contributed by atoms with Gasteiger partial charge in [0.05, 0.1) is 29.4 Å². The summed E-state index contributed by atoms with van der Waals surface area (Å²) in [6.07, 6.45) is 1.98. The molecule has 168 valence electrons. The molecule has 0 atom stereocenters. The minimum absolute atomic E-state index is 0.00649. The molecule has 0 aromatic heterocycles. The van der Waals surface area contributed by atoms with Gasteiger partial charge >= 0.3 is 0 Å². The lowest BCUT2D eigenvalue weighted by Gasteiger charge is -2.21. The maximum absolute atomic E-state index is 12.8. The van der Waals surface area contributed by atoms with Crippen LogP contribution < -0.4 is 16.0 Å². The summed E-state index contributed by atoms with van der Waals surface area (Å²) >= 11 is 0. The van der Waals surface area contributed by atoms with Gasteiger partial charge in [0, 0.05) is 32.7 Å². The molecule has 1 aromatic carbocycles. The molecular formula is C20H33N5O4S. The highest BCUT2D eigenvalue weighted by Crippen LogP contribution is 2.27. The Labute approximate surface area is 179 Å². The van der Waals surface area contributed by atoms with Crippen LogP contribution in [0.3, 0.4) is 0 Å². The molecule has 0 aliphatic heterocycles. The molecule has 0 saturated heterocycles. The number of hydrogen-bond acceptors (Lipinski definition) is 6. The molecule has 1 aromatic rings. The summed E-state index contributed by atoms with van der Waals surface area (Å²) in [5.74, 6) is -0.436. The van der Waals surface area contributed by atoms with Crippen LogP contribution in [0.2, 0.25) is 0 Å². The van der Waals surface area contributed by atoms with Crippen LogP contribution in [-0.4, -0.2) is 75.3 Å². The van der Waals surface area contributed by atoms with Crippen LogP contribution in [0.4, 0.5) is 11.4 Å². The van der Waals surface area contributed by atoms with Crippen molar-refractivity contribution in [1.82, 2.24) is 14.5 Å². The van der Waals surface area contributed by atoms with Gasteiger partial charge in [-0.15, -0.1) is 0 Å². The van der Waals surface area contributed by atoms with Gasteiger partial charge in [-0.1, -0.05) is 13.8 Å². The maximum atomic E-state index is 12.8. The van der Waals surface area contributed by atoms with Crippen LogP contribution in [0.15, 0.2) is 23.1 Å². The van der Waals surface area contributed by atoms with E-state index < -0.39 is 10.0 Å². The zero-order valence-corrected chi connectivity index (χ0v) is 19.0. The van der Waals surface area contributed by atoms with Crippen LogP contribution in [0.5, 0.6) is 0 Å². The summed E-state index contributed by atoms with van der Waals surface area (Å²) in [5.41, 5.74) is 1.23. The van der Waals surface area contributed by atoms with E-state index in [1.807, 2.05) is 6.92 Å². The Morgan fingerprint density at radius 2 is 1.73 bits per heavy atom. The third kappa shape index (κ3) is 6.33. The van der Waals surface area contributed by atoms with Crippen LogP contribution >= 0.6 is 0 Å². The second kappa shape index (κ2) is 10.6. The molecule has 2 amide bonds. The molecule has 0 unspecified atom stereocenters. The summed E-state index contributed by atoms with van der Waals surface area (Å²) < 4.78 is 27.1. The van der Waals surface area contributed by atoms with Crippen molar-refractivity contribution in [3.05, 3.63) is 18.2 Å². The summed E-state index contributed by atoms with van der Waals surface area (Å²) in [4.78, 5) is 25.9. The summed E-state index contributed by atoms with van der Waals surface area (Å²) in [6, 6.07) is 5.04. The third-order valence-corrected chi connectivity index (χ3v) is 6.93. The highest BCUT2D eigenvalue weighted by atomic mass is 32.2. The normalized spacial score (nSPS) is 13.8. The molecule has 0 bridgehead atoms. The number of rotatable bonds is 12. The van der Waals surface area contributed by atoms with Crippen molar-refractivity contribution in [2.24, 2.45) is 0 Å². The van der Waals surface area contributed by atoms with Crippen LogP contribution in [0, 0.1) is 0 Å². The summed E-state index contributed by atoms with van der Waals surface area (Å²) in [5, 5.41) is 9.04. The van der Waals surface area contributed by atoms with Gasteiger partial charge in [-0.05, 0) is 38.0 Å². The lowest BCUT2D eigenvalue weighted by molar-refractivity contribution is -0.133. The zero-order chi connectivity index (χ0) is 22.3. The van der Waals surface area contributed by atoms with E-state index in [4.69, 9.17) is 0 Å². The molecule has 10 heteroatoms. The number of nitrogens with one attached hydrogen (secondary N) is 3. The van der Waals surface area contributed by atoms with Crippen LogP contribution in [-0.2, 0) is 19.6 Å². The van der Waals surface area contributed by atoms with Crippen molar-refractivity contribution in [2.45, 2.75) is 44.6 Å². The number of benzene rings is 1. The summed E-state index contributed by atoms with van der Waals surface area (Å²) in [7, 11) is -2.04. The molecule has 0 radical (unpaired) electrons. The minimum atomic E-state index is -3.61. The molecule has 1 fully saturated rings. The molecule has 0 spiro atoms. The van der Waals surface area contributed by atoms with Crippen LogP contribution in [0.1, 0.15) is 33.6 Å². The van der Waals surface area contributed by atoms with Crippen molar-refractivity contribution in [1.29, 1.82) is 0 Å². The van der Waals surface area contributed by atoms with Crippen molar-refractivity contribution < 1.29 is 18.0 Å². The molecule has 9 nitrogen and oxygen atoms in total. The van der Waals surface area contributed by atoms with E-state index in [-0.39, 0.29) is 35.8 Å². The molecule has 1 saturated carbocycles. The lowest BCUT2D eigenvalue weighted by atomic mass is 10.2. The first-order valence-electron chi connectivity index (χ1n) is 10.4. The van der Waals surface area contributed by atoms with E-state index in [9.17, 15) is 18.0 Å². The third-order valence-electron chi connectivity index (χ3n) is 4.88. The highest BCUT2D eigenvalue weighted by molar-refractivity contribution is 7.89. The molecule has 2 rings (SSSR count). The Kier molecular flexibility index (Phi) is 8.48. The van der Waals surface area contributed by atoms with Gasteiger partial charge in [0.25, 0.3) is 0 Å². The van der Waals surface area contributed by atoms with Crippen molar-refractivity contribution in [3.63, 3.8) is 0 Å². The second-order valence-corrected chi connectivity index (χ2v) is 9.21. The standard InChI is InChI=1S/C20H33N5O4S/c1-5-21-17-11-10-16(30(28,29)25(6-2)7-3)12-18(17)22-13-20(27)24(4)14-19(26)23-15-8-9-15/h10-12,15,21-22H,5-9,13-14H2,1-4H3,(H,23,26). The van der Waals surface area contributed by atoms with Gasteiger partial charge in [-0.25, -0.2) is 8.42 Å². The van der Waals surface area contributed by atoms with Crippen molar-refractivity contribution in [2.75, 3.05) is 50.4 Å². The number of anilines is 2. The molecule has 0 heterocycles. The van der Waals surface area contributed by atoms with Gasteiger partial charge in [-0.3, -0.25) is 9.59 Å². The van der Waals surface area contributed by atoms with Gasteiger partial charge < -0.3 is 20.9 Å². The van der Waals surface area contributed by atoms with E-state index >= 15 is 0 Å². The zero-order valence-electron chi connectivity index (χ0n) is 18.2. The van der Waals surface area contributed by atoms with E-state index in [2.05, 4.69) is 16.0 Å². The van der Waals surface area contributed by atoms with Gasteiger partial charge in [0.2, 0.25) is 21.8 Å². The SMILES string of the molecule is CCNc1ccc(S(=O)(=O)N(CC)CC)cc1NCC(=O)N(C)CC(=O)NC1CC1. The topological polar surface area (TPSA) is 111 Å². The predicted octanol–water partition coefficient (Wildman–Crippen LogP) is 1.30. The fraction of sp³-hybridized carbons (Fsp3) is 0.600. The number of carbonyl (C=O) groups is 2. The van der Waals surface area contributed by atoms with Crippen LogP contribution in [0.25, 0.3) is 0 Å². The van der Waals surface area contributed by atoms with E-state index in [0.29, 0.717) is 31.0 Å². The Bertz CT molecular complexity index is 851. The minimum Gasteiger partial charge on any atom is -0.384 e. The Morgan fingerprint density at radius 3 is 2.30 bits per heavy atom. The first-order chi connectivity index (χ1) is 14.2. The van der Waals surface area contributed by atoms with Crippen molar-refractivity contribution >= 4 is 33.2 Å². The van der Waals surface area contributed by atoms with Gasteiger partial charge in [-0.2, -0.15) is 4.31 Å². The average molecular weight is 440 g/mol. The number of likely N-dealkylation sites (N-methyl/N-ethyl adjacent to an activating group) is 1. The number of amides is 2. The Morgan fingerprint density at radius 1 is 1.07 bits per heavy atom. The largest absolute Gasteiger partial charge is 0.384 e. The first-order valence-corrected chi connectivity index (χ1v) is 11.8. The van der Waals surface area contributed by atoms with Gasteiger partial charge in [0.1, 0.15) is 0 Å². The van der Waals surface area contributed by atoms with E-state index in [1.54, 1.807) is 39.1 Å². The number of hydrogen-bond donors (Lipinski definition) is 3. The van der Waals surface area contributed by atoms with Gasteiger partial charge in [0.15, 0.2) is 0 Å². The monoisotopic (exact) mass is 439 g/mol. The van der Waals surface area contributed by atoms with Crippen molar-refractivity contribution in [3.8, 4) is 0 Å². The van der Waals surface area contributed by atoms with E-state index in [1.165, 1.54) is 9.21 Å². The number of sulfonamides is 1. The molecule has 30 heavy (non-hydrogen) atoms. The number of carbonyl (C=O) groups excluding carboxylic acids is 2. The molecule has 1 aliphatic carbocycles. The predicted molar refractivity (Wildman–Crippen MR) is 118 cm³/mol. The second-order valence-electron chi connectivity index (χ2n) is 7.27. The highest BCUT2D eigenvalue weighted by Gasteiger charge is 2.25. The lowest BCUT2D eigenvalue weighted by Crippen LogP contribution is -2.41. The Balaban J connectivity index is 2.10. The molecular weight excluding hydrogens is 406 g/mol. The van der Waals surface area contributed by atoms with E-state index in [0.717, 1.165) is 12.8 Å². The summed E-state index contributed by atoms with van der Waals surface area (Å²) in [6.45, 7) is 6.86. The Hall–Kier alpha value is -2.33. The molecule has 3 N–H and O–H groups in total. The first kappa shape index (κ1) is 23.9. The quantitative estimate of drug-likeness (QED) is 0.453. The maximum Gasteiger partial charge on any atom is 0.243 e. The smallest absolute Gasteiger partial charge is 0.243 e. The number of nitrogens with zero attached hydrogens (tertiary/aromatic N) is 2.